The minimum absolute atomic E-state index is 0.00331. The van der Waals surface area contributed by atoms with Crippen molar-refractivity contribution in [1.29, 1.82) is 0 Å². The van der Waals surface area contributed by atoms with Crippen LogP contribution in [0.5, 0.6) is 0 Å². The highest BCUT2D eigenvalue weighted by molar-refractivity contribution is 5.96. The van der Waals surface area contributed by atoms with Crippen LogP contribution in [-0.4, -0.2) is 38.9 Å². The van der Waals surface area contributed by atoms with Crippen molar-refractivity contribution in [1.82, 2.24) is 0 Å². The summed E-state index contributed by atoms with van der Waals surface area (Å²) in [5, 5.41) is 0. The largest absolute Gasteiger partial charge is 0.467 e. The molecule has 1 aliphatic heterocycles. The molecular weight excluding hydrogens is 506 g/mol. The maximum atomic E-state index is 13.6. The summed E-state index contributed by atoms with van der Waals surface area (Å²) in [6.07, 6.45) is -10.5. The molecule has 0 bridgehead atoms. The number of hydrogen-bond donors (Lipinski definition) is 0. The van der Waals surface area contributed by atoms with Crippen molar-refractivity contribution >= 4 is 23.4 Å². The Morgan fingerprint density at radius 1 is 0.892 bits per heavy atom. The molecule has 0 radical (unpaired) electrons. The molecule has 0 saturated carbocycles. The Kier molecular flexibility index (Phi) is 7.71. The Hall–Kier alpha value is -3.44. The van der Waals surface area contributed by atoms with E-state index < -0.39 is 53.2 Å². The summed E-state index contributed by atoms with van der Waals surface area (Å²) in [5.74, 6) is -1.06. The van der Waals surface area contributed by atoms with Crippen LogP contribution in [0, 0.1) is 13.8 Å². The van der Waals surface area contributed by atoms with Crippen molar-refractivity contribution in [3.05, 3.63) is 58.1 Å². The van der Waals surface area contributed by atoms with Crippen LogP contribution in [-0.2, 0) is 26.6 Å². The topological polar surface area (TPSA) is 59.1 Å². The lowest BCUT2D eigenvalue weighted by Gasteiger charge is -2.45. The number of fused-ring (bicyclic) bond motifs is 1. The van der Waals surface area contributed by atoms with E-state index in [1.54, 1.807) is 32.9 Å². The summed E-state index contributed by atoms with van der Waals surface area (Å²) >= 11 is 0. The summed E-state index contributed by atoms with van der Waals surface area (Å²) < 4.78 is 91.4. The third kappa shape index (κ3) is 5.47. The smallest absolute Gasteiger partial charge is 0.416 e. The second kappa shape index (κ2) is 10.1. The molecule has 0 aliphatic carbocycles. The van der Waals surface area contributed by atoms with Crippen LogP contribution in [0.1, 0.15) is 47.2 Å². The van der Waals surface area contributed by atoms with E-state index in [0.29, 0.717) is 24.2 Å². The zero-order valence-corrected chi connectivity index (χ0v) is 20.8. The molecule has 202 valence electrons. The molecule has 0 fully saturated rings. The number of esters is 1. The van der Waals surface area contributed by atoms with E-state index in [1.807, 2.05) is 0 Å². The number of methoxy groups -OCH3 is 2. The molecule has 1 heterocycles. The van der Waals surface area contributed by atoms with Crippen LogP contribution in [0.3, 0.4) is 0 Å². The van der Waals surface area contributed by atoms with E-state index in [-0.39, 0.29) is 18.3 Å². The lowest BCUT2D eigenvalue weighted by atomic mass is 9.94. The molecule has 6 nitrogen and oxygen atoms in total. The fourth-order valence-corrected chi connectivity index (χ4v) is 4.41. The zero-order chi connectivity index (χ0) is 27.9. The van der Waals surface area contributed by atoms with Gasteiger partial charge in [0.25, 0.3) is 0 Å². The Labute approximate surface area is 209 Å². The SMILES string of the molecule is CC[C@@H]1CN([C@@H](C(=O)OC)c2cc(C(F)(F)F)cc(C(F)(F)F)c2)c2cc(C)c(C)cc2N1C(=O)OC. The highest BCUT2D eigenvalue weighted by Crippen LogP contribution is 2.45. The van der Waals surface area contributed by atoms with Crippen molar-refractivity contribution in [3.8, 4) is 0 Å². The Bertz CT molecular complexity index is 1160. The van der Waals surface area contributed by atoms with Gasteiger partial charge in [0.05, 0.1) is 42.8 Å². The number of anilines is 2. The molecule has 0 aromatic heterocycles. The van der Waals surface area contributed by atoms with Gasteiger partial charge in [-0.3, -0.25) is 4.90 Å². The summed E-state index contributed by atoms with van der Waals surface area (Å²) in [5.41, 5.74) is -1.56. The number of hydrogen-bond acceptors (Lipinski definition) is 5. The van der Waals surface area contributed by atoms with E-state index in [4.69, 9.17) is 9.47 Å². The molecular formula is C25H26F6N2O4. The zero-order valence-electron chi connectivity index (χ0n) is 20.8. The molecule has 37 heavy (non-hydrogen) atoms. The van der Waals surface area contributed by atoms with Crippen molar-refractivity contribution in [2.75, 3.05) is 30.6 Å². The van der Waals surface area contributed by atoms with E-state index in [9.17, 15) is 35.9 Å². The maximum Gasteiger partial charge on any atom is 0.416 e. The van der Waals surface area contributed by atoms with E-state index in [0.717, 1.165) is 18.2 Å². The molecule has 2 aromatic rings. The number of benzene rings is 2. The van der Waals surface area contributed by atoms with Gasteiger partial charge in [-0.25, -0.2) is 9.59 Å². The molecule has 0 N–H and O–H groups in total. The van der Waals surface area contributed by atoms with Gasteiger partial charge < -0.3 is 14.4 Å². The van der Waals surface area contributed by atoms with Gasteiger partial charge in [-0.15, -0.1) is 0 Å². The van der Waals surface area contributed by atoms with Crippen molar-refractivity contribution in [2.45, 2.75) is 51.6 Å². The molecule has 1 aliphatic rings. The second-order valence-corrected chi connectivity index (χ2v) is 8.74. The number of aryl methyl sites for hydroxylation is 2. The maximum absolute atomic E-state index is 13.6. The molecule has 2 atom stereocenters. The lowest BCUT2D eigenvalue weighted by Crippen LogP contribution is -2.53. The van der Waals surface area contributed by atoms with Gasteiger partial charge in [0.15, 0.2) is 6.04 Å². The Morgan fingerprint density at radius 2 is 1.41 bits per heavy atom. The number of halogens is 6. The number of carbonyl (C=O) groups excluding carboxylic acids is 2. The monoisotopic (exact) mass is 532 g/mol. The van der Waals surface area contributed by atoms with Crippen LogP contribution < -0.4 is 9.80 Å². The average molecular weight is 532 g/mol. The first-order valence-electron chi connectivity index (χ1n) is 11.3. The predicted octanol–water partition coefficient (Wildman–Crippen LogP) is 6.43. The van der Waals surface area contributed by atoms with E-state index in [1.165, 1.54) is 16.9 Å². The molecule has 0 spiro atoms. The van der Waals surface area contributed by atoms with Crippen LogP contribution in [0.15, 0.2) is 30.3 Å². The van der Waals surface area contributed by atoms with Crippen LogP contribution in [0.25, 0.3) is 0 Å². The number of nitrogens with zero attached hydrogens (tertiary/aromatic N) is 2. The summed E-state index contributed by atoms with van der Waals surface area (Å²) in [7, 11) is 2.19. The quantitative estimate of drug-likeness (QED) is 0.336. The number of alkyl halides is 6. The second-order valence-electron chi connectivity index (χ2n) is 8.74. The minimum Gasteiger partial charge on any atom is -0.467 e. The summed E-state index contributed by atoms with van der Waals surface area (Å²) in [4.78, 5) is 28.5. The first kappa shape index (κ1) is 28.1. The first-order valence-corrected chi connectivity index (χ1v) is 11.3. The van der Waals surface area contributed by atoms with E-state index in [2.05, 4.69) is 0 Å². The van der Waals surface area contributed by atoms with Crippen LogP contribution in [0.2, 0.25) is 0 Å². The van der Waals surface area contributed by atoms with Crippen molar-refractivity contribution in [2.24, 2.45) is 0 Å². The minimum atomic E-state index is -5.10. The van der Waals surface area contributed by atoms with Crippen LogP contribution >= 0.6 is 0 Å². The third-order valence-electron chi connectivity index (χ3n) is 6.44. The van der Waals surface area contributed by atoms with E-state index >= 15 is 0 Å². The fraction of sp³-hybridized carbons (Fsp3) is 0.440. The van der Waals surface area contributed by atoms with Gasteiger partial charge in [-0.05, 0) is 67.3 Å². The van der Waals surface area contributed by atoms with Crippen molar-refractivity contribution < 1.29 is 45.4 Å². The fourth-order valence-electron chi connectivity index (χ4n) is 4.41. The number of rotatable bonds is 4. The predicted molar refractivity (Wildman–Crippen MR) is 123 cm³/mol. The molecule has 0 unspecified atom stereocenters. The van der Waals surface area contributed by atoms with Crippen molar-refractivity contribution in [3.63, 3.8) is 0 Å². The normalized spacial score (nSPS) is 16.8. The highest BCUT2D eigenvalue weighted by atomic mass is 19.4. The van der Waals surface area contributed by atoms with Gasteiger partial charge in [0.2, 0.25) is 0 Å². The molecule has 1 amide bonds. The molecule has 2 aromatic carbocycles. The molecule has 0 saturated heterocycles. The summed E-state index contributed by atoms with van der Waals surface area (Å²) in [6, 6.07) is 2.06. The average Bonchev–Trinajstić information content (AvgIpc) is 2.82. The number of ether oxygens (including phenoxy) is 2. The lowest BCUT2D eigenvalue weighted by molar-refractivity contribution is -0.145. The highest BCUT2D eigenvalue weighted by Gasteiger charge is 2.43. The Balaban J connectivity index is 2.33. The standard InChI is InChI=1S/C25H26F6N2O4/c1-6-18-12-32(19-7-13(2)14(3)8-20(19)33(18)23(35)37-5)21(22(34)36-4)15-9-16(24(26,27)28)11-17(10-15)25(29,30)31/h7-11,18,21H,6,12H2,1-5H3/t18-,21-/m1/s1. The summed E-state index contributed by atoms with van der Waals surface area (Å²) in [6.45, 7) is 5.20. The van der Waals surface area contributed by atoms with Gasteiger partial charge in [0, 0.05) is 6.54 Å². The molecule has 12 heteroatoms. The Morgan fingerprint density at radius 3 is 1.84 bits per heavy atom. The van der Waals surface area contributed by atoms with Gasteiger partial charge in [0.1, 0.15) is 0 Å². The van der Waals surface area contributed by atoms with Gasteiger partial charge in [-0.1, -0.05) is 6.92 Å². The molecule has 3 rings (SSSR count). The first-order chi connectivity index (χ1) is 17.1. The number of amides is 1. The third-order valence-corrected chi connectivity index (χ3v) is 6.44. The van der Waals surface area contributed by atoms with Gasteiger partial charge in [-0.2, -0.15) is 26.3 Å². The van der Waals surface area contributed by atoms with Gasteiger partial charge >= 0.3 is 24.4 Å². The number of carbonyl (C=O) groups is 2. The van der Waals surface area contributed by atoms with Crippen LogP contribution in [0.4, 0.5) is 42.5 Å².